The summed E-state index contributed by atoms with van der Waals surface area (Å²) in [5.74, 6) is 0.866. The molecular formula is C11H7BrN4O. The lowest BCUT2D eigenvalue weighted by molar-refractivity contribution is 0.449. The van der Waals surface area contributed by atoms with Gasteiger partial charge in [-0.1, -0.05) is 0 Å². The summed E-state index contributed by atoms with van der Waals surface area (Å²) in [5, 5.41) is 16.0. The van der Waals surface area contributed by atoms with E-state index in [4.69, 9.17) is 10.00 Å². The molecule has 0 aliphatic carbocycles. The van der Waals surface area contributed by atoms with E-state index in [1.807, 2.05) is 19.1 Å². The molecule has 0 bridgehead atoms. The Morgan fingerprint density at radius 3 is 2.65 bits per heavy atom. The second-order valence-corrected chi connectivity index (χ2v) is 3.96. The number of ether oxygens (including phenoxy) is 1. The molecule has 0 aliphatic heterocycles. The van der Waals surface area contributed by atoms with Crippen LogP contribution in [0.15, 0.2) is 28.9 Å². The van der Waals surface area contributed by atoms with Crippen LogP contribution in [0, 0.1) is 18.3 Å². The van der Waals surface area contributed by atoms with Gasteiger partial charge in [-0.3, -0.25) is 0 Å². The summed E-state index contributed by atoms with van der Waals surface area (Å²) in [4.78, 5) is 4.19. The summed E-state index contributed by atoms with van der Waals surface area (Å²) in [5.41, 5.74) is 1.13. The minimum Gasteiger partial charge on any atom is -0.435 e. The Kier molecular flexibility index (Phi) is 3.30. The van der Waals surface area contributed by atoms with Crippen molar-refractivity contribution in [3.8, 4) is 17.7 Å². The van der Waals surface area contributed by atoms with Crippen molar-refractivity contribution in [3.05, 3.63) is 40.3 Å². The van der Waals surface area contributed by atoms with E-state index in [9.17, 15) is 0 Å². The maximum absolute atomic E-state index is 8.58. The van der Waals surface area contributed by atoms with Crippen LogP contribution in [0.25, 0.3) is 0 Å². The Morgan fingerprint density at radius 1 is 1.24 bits per heavy atom. The Hall–Kier alpha value is -2.00. The predicted molar refractivity (Wildman–Crippen MR) is 63.5 cm³/mol. The molecule has 6 heteroatoms. The summed E-state index contributed by atoms with van der Waals surface area (Å²) < 4.78 is 6.07. The number of hydrogen-bond donors (Lipinski definition) is 0. The summed E-state index contributed by atoms with van der Waals surface area (Å²) >= 11 is 3.30. The first-order valence-electron chi connectivity index (χ1n) is 4.74. The van der Waals surface area contributed by atoms with E-state index in [0.29, 0.717) is 16.2 Å². The molecule has 84 valence electrons. The number of aromatic nitrogens is 3. The van der Waals surface area contributed by atoms with Gasteiger partial charge in [-0.05, 0) is 41.1 Å². The third kappa shape index (κ3) is 2.77. The minimum atomic E-state index is 0.249. The molecule has 2 heterocycles. The molecule has 0 spiro atoms. The van der Waals surface area contributed by atoms with Crippen LogP contribution in [0.4, 0.5) is 0 Å². The molecule has 5 nitrogen and oxygen atoms in total. The average molecular weight is 291 g/mol. The summed E-state index contributed by atoms with van der Waals surface area (Å²) in [6.45, 7) is 1.88. The lowest BCUT2D eigenvalue weighted by Gasteiger charge is -2.05. The van der Waals surface area contributed by atoms with Crippen molar-refractivity contribution in [1.29, 1.82) is 5.26 Å². The first kappa shape index (κ1) is 11.5. The number of nitriles is 1. The third-order valence-electron chi connectivity index (χ3n) is 1.92. The largest absolute Gasteiger partial charge is 0.435 e. The van der Waals surface area contributed by atoms with Crippen molar-refractivity contribution in [3.63, 3.8) is 0 Å². The minimum absolute atomic E-state index is 0.249. The van der Waals surface area contributed by atoms with Gasteiger partial charge >= 0.3 is 0 Å². The maximum atomic E-state index is 8.58. The molecule has 0 amide bonds. The van der Waals surface area contributed by atoms with Crippen LogP contribution in [0.5, 0.6) is 11.6 Å². The highest BCUT2D eigenvalue weighted by Crippen LogP contribution is 2.26. The van der Waals surface area contributed by atoms with Crippen molar-refractivity contribution >= 4 is 15.9 Å². The number of hydrogen-bond acceptors (Lipinski definition) is 5. The molecule has 0 radical (unpaired) electrons. The molecule has 0 unspecified atom stereocenters. The highest BCUT2D eigenvalue weighted by molar-refractivity contribution is 9.10. The lowest BCUT2D eigenvalue weighted by Crippen LogP contribution is -1.94. The predicted octanol–water partition coefficient (Wildman–Crippen LogP) is 2.61. The molecule has 17 heavy (non-hydrogen) atoms. The molecule has 2 aromatic rings. The Morgan fingerprint density at radius 2 is 2.06 bits per heavy atom. The number of pyridine rings is 1. The van der Waals surface area contributed by atoms with E-state index in [1.165, 1.54) is 6.07 Å². The standard InChI is InChI=1S/C11H7BrN4O/c1-7-2-4-9(11(12)14-7)17-10-5-3-8(6-13)15-16-10/h2-5H,1H3. The molecule has 0 saturated carbocycles. The molecule has 0 fully saturated rings. The second kappa shape index (κ2) is 4.89. The number of rotatable bonds is 2. The van der Waals surface area contributed by atoms with Crippen molar-refractivity contribution in [1.82, 2.24) is 15.2 Å². The van der Waals surface area contributed by atoms with E-state index in [1.54, 1.807) is 12.1 Å². The molecule has 0 N–H and O–H groups in total. The topological polar surface area (TPSA) is 71.7 Å². The van der Waals surface area contributed by atoms with E-state index in [-0.39, 0.29) is 5.69 Å². The van der Waals surface area contributed by atoms with Gasteiger partial charge in [-0.25, -0.2) is 4.98 Å². The van der Waals surface area contributed by atoms with Crippen LogP contribution in [-0.4, -0.2) is 15.2 Å². The first-order valence-corrected chi connectivity index (χ1v) is 5.53. The molecule has 0 aromatic carbocycles. The summed E-state index contributed by atoms with van der Waals surface area (Å²) in [6.07, 6.45) is 0. The van der Waals surface area contributed by atoms with Crippen LogP contribution in [0.2, 0.25) is 0 Å². The highest BCUT2D eigenvalue weighted by atomic mass is 79.9. The molecule has 2 aromatic heterocycles. The van der Waals surface area contributed by atoms with Crippen LogP contribution in [0.3, 0.4) is 0 Å². The zero-order valence-electron chi connectivity index (χ0n) is 8.88. The first-order chi connectivity index (χ1) is 8.19. The number of aryl methyl sites for hydroxylation is 1. The smallest absolute Gasteiger partial charge is 0.239 e. The third-order valence-corrected chi connectivity index (χ3v) is 2.49. The number of nitrogens with zero attached hydrogens (tertiary/aromatic N) is 4. The maximum Gasteiger partial charge on any atom is 0.239 e. The van der Waals surface area contributed by atoms with Gasteiger partial charge < -0.3 is 4.74 Å². The van der Waals surface area contributed by atoms with E-state index in [2.05, 4.69) is 31.1 Å². The molecule has 0 aliphatic rings. The molecule has 0 saturated heterocycles. The Balaban J connectivity index is 2.23. The zero-order valence-corrected chi connectivity index (χ0v) is 10.5. The lowest BCUT2D eigenvalue weighted by atomic mass is 10.4. The fraction of sp³-hybridized carbons (Fsp3) is 0.0909. The van der Waals surface area contributed by atoms with Crippen molar-refractivity contribution in [2.75, 3.05) is 0 Å². The molecule has 2 rings (SSSR count). The average Bonchev–Trinajstić information content (AvgIpc) is 2.34. The van der Waals surface area contributed by atoms with Gasteiger partial charge in [0.25, 0.3) is 0 Å². The van der Waals surface area contributed by atoms with Gasteiger partial charge in [0.15, 0.2) is 11.4 Å². The van der Waals surface area contributed by atoms with Gasteiger partial charge in [-0.15, -0.1) is 10.2 Å². The van der Waals surface area contributed by atoms with E-state index >= 15 is 0 Å². The summed E-state index contributed by atoms with van der Waals surface area (Å²) in [7, 11) is 0. The van der Waals surface area contributed by atoms with Crippen LogP contribution in [0.1, 0.15) is 11.4 Å². The highest BCUT2D eigenvalue weighted by Gasteiger charge is 2.05. The monoisotopic (exact) mass is 290 g/mol. The fourth-order valence-electron chi connectivity index (χ4n) is 1.14. The van der Waals surface area contributed by atoms with Gasteiger partial charge in [0.1, 0.15) is 10.7 Å². The van der Waals surface area contributed by atoms with Gasteiger partial charge in [0.2, 0.25) is 5.88 Å². The summed E-state index contributed by atoms with van der Waals surface area (Å²) in [6, 6.07) is 8.62. The zero-order chi connectivity index (χ0) is 12.3. The van der Waals surface area contributed by atoms with E-state index < -0.39 is 0 Å². The quantitative estimate of drug-likeness (QED) is 0.795. The van der Waals surface area contributed by atoms with Crippen molar-refractivity contribution < 1.29 is 4.74 Å². The van der Waals surface area contributed by atoms with Crippen LogP contribution >= 0.6 is 15.9 Å². The number of halogens is 1. The van der Waals surface area contributed by atoms with Crippen LogP contribution in [-0.2, 0) is 0 Å². The second-order valence-electron chi connectivity index (χ2n) is 3.21. The van der Waals surface area contributed by atoms with Crippen molar-refractivity contribution in [2.45, 2.75) is 6.92 Å². The SMILES string of the molecule is Cc1ccc(Oc2ccc(C#N)nn2)c(Br)n1. The van der Waals surface area contributed by atoms with Gasteiger partial charge in [0.05, 0.1) is 0 Å². The molecule has 0 atom stereocenters. The van der Waals surface area contributed by atoms with Crippen molar-refractivity contribution in [2.24, 2.45) is 0 Å². The fourth-order valence-corrected chi connectivity index (χ4v) is 1.63. The van der Waals surface area contributed by atoms with Gasteiger partial charge in [0, 0.05) is 11.8 Å². The normalized spacial score (nSPS) is 9.71. The van der Waals surface area contributed by atoms with Crippen LogP contribution < -0.4 is 4.74 Å². The molecular weight excluding hydrogens is 284 g/mol. The Bertz CT molecular complexity index is 577. The van der Waals surface area contributed by atoms with Gasteiger partial charge in [-0.2, -0.15) is 5.26 Å². The Labute approximate surface area is 106 Å². The van der Waals surface area contributed by atoms with E-state index in [0.717, 1.165) is 5.69 Å².